The van der Waals surface area contributed by atoms with E-state index in [-0.39, 0.29) is 6.04 Å². The predicted octanol–water partition coefficient (Wildman–Crippen LogP) is 4.57. The van der Waals surface area contributed by atoms with E-state index in [0.29, 0.717) is 12.0 Å². The summed E-state index contributed by atoms with van der Waals surface area (Å²) in [6.45, 7) is 6.22. The van der Waals surface area contributed by atoms with Crippen molar-refractivity contribution in [2.45, 2.75) is 38.8 Å². The third kappa shape index (κ3) is 4.19. The third-order valence-electron chi connectivity index (χ3n) is 3.91. The normalized spacial score (nSPS) is 20.2. The van der Waals surface area contributed by atoms with Crippen molar-refractivity contribution in [3.05, 3.63) is 33.3 Å². The lowest BCUT2D eigenvalue weighted by Crippen LogP contribution is -2.38. The van der Waals surface area contributed by atoms with E-state index in [1.54, 1.807) is 0 Å². The Labute approximate surface area is 129 Å². The number of halogens is 2. The van der Waals surface area contributed by atoms with Crippen LogP contribution in [0.4, 0.5) is 0 Å². The van der Waals surface area contributed by atoms with Crippen LogP contribution in [0.15, 0.2) is 22.7 Å². The Bertz CT molecular complexity index is 421. The highest BCUT2D eigenvalue weighted by Gasteiger charge is 2.22. The van der Waals surface area contributed by atoms with E-state index in [2.05, 4.69) is 41.2 Å². The van der Waals surface area contributed by atoms with Crippen LogP contribution in [0, 0.1) is 5.92 Å². The first-order chi connectivity index (χ1) is 9.08. The predicted molar refractivity (Wildman–Crippen MR) is 83.7 cm³/mol. The highest BCUT2D eigenvalue weighted by atomic mass is 79.9. The summed E-state index contributed by atoms with van der Waals surface area (Å²) in [7, 11) is 0. The standard InChI is InChI=1S/C15H21BrClNO/c1-10(12-5-7-19-8-6-12)18-11(2)14-4-3-13(16)9-15(14)17/h3-4,9-12,18H,5-8H2,1-2H3. The molecule has 0 saturated carbocycles. The first-order valence-corrected chi connectivity index (χ1v) is 8.03. The van der Waals surface area contributed by atoms with E-state index in [0.717, 1.165) is 41.1 Å². The fourth-order valence-corrected chi connectivity index (χ4v) is 3.53. The summed E-state index contributed by atoms with van der Waals surface area (Å²) in [5.41, 5.74) is 1.16. The van der Waals surface area contributed by atoms with Gasteiger partial charge in [0.25, 0.3) is 0 Å². The molecule has 1 aromatic rings. The third-order valence-corrected chi connectivity index (χ3v) is 4.74. The minimum atomic E-state index is 0.262. The quantitative estimate of drug-likeness (QED) is 0.862. The topological polar surface area (TPSA) is 21.3 Å². The van der Waals surface area contributed by atoms with Crippen LogP contribution in [0.5, 0.6) is 0 Å². The van der Waals surface area contributed by atoms with Gasteiger partial charge >= 0.3 is 0 Å². The van der Waals surface area contributed by atoms with E-state index in [1.165, 1.54) is 0 Å². The van der Waals surface area contributed by atoms with Crippen molar-refractivity contribution in [2.24, 2.45) is 5.92 Å². The van der Waals surface area contributed by atoms with E-state index < -0.39 is 0 Å². The molecule has 2 unspecified atom stereocenters. The van der Waals surface area contributed by atoms with Gasteiger partial charge in [-0.25, -0.2) is 0 Å². The van der Waals surface area contributed by atoms with Crippen LogP contribution < -0.4 is 5.32 Å². The van der Waals surface area contributed by atoms with E-state index >= 15 is 0 Å². The molecule has 2 atom stereocenters. The second-order valence-corrected chi connectivity index (χ2v) is 6.62. The molecule has 0 radical (unpaired) electrons. The number of hydrogen-bond acceptors (Lipinski definition) is 2. The Morgan fingerprint density at radius 2 is 2.00 bits per heavy atom. The SMILES string of the molecule is CC(NC(C)C1CCOCC1)c1ccc(Br)cc1Cl. The summed E-state index contributed by atoms with van der Waals surface area (Å²) in [5.74, 6) is 0.699. The molecule has 0 bridgehead atoms. The molecule has 2 rings (SSSR count). The smallest absolute Gasteiger partial charge is 0.0469 e. The molecule has 0 spiro atoms. The zero-order valence-corrected chi connectivity index (χ0v) is 13.8. The van der Waals surface area contributed by atoms with Crippen LogP contribution in [-0.2, 0) is 4.74 Å². The average molecular weight is 347 g/mol. The van der Waals surface area contributed by atoms with Crippen LogP contribution in [0.2, 0.25) is 5.02 Å². The lowest BCUT2D eigenvalue weighted by atomic mass is 9.92. The van der Waals surface area contributed by atoms with Crippen molar-refractivity contribution < 1.29 is 4.74 Å². The van der Waals surface area contributed by atoms with E-state index in [9.17, 15) is 0 Å². The van der Waals surface area contributed by atoms with Crippen molar-refractivity contribution in [1.82, 2.24) is 5.32 Å². The van der Waals surface area contributed by atoms with Crippen LogP contribution in [0.25, 0.3) is 0 Å². The average Bonchev–Trinajstić information content (AvgIpc) is 2.39. The Balaban J connectivity index is 1.97. The Morgan fingerprint density at radius 3 is 2.63 bits per heavy atom. The number of ether oxygens (including phenoxy) is 1. The minimum absolute atomic E-state index is 0.262. The lowest BCUT2D eigenvalue weighted by Gasteiger charge is -2.31. The summed E-state index contributed by atoms with van der Waals surface area (Å²) < 4.78 is 6.44. The maximum atomic E-state index is 6.30. The molecule has 0 aliphatic carbocycles. The first kappa shape index (κ1) is 15.3. The second-order valence-electron chi connectivity index (χ2n) is 5.29. The Hall–Kier alpha value is -0.0900. The van der Waals surface area contributed by atoms with Crippen molar-refractivity contribution in [2.75, 3.05) is 13.2 Å². The Morgan fingerprint density at radius 1 is 1.32 bits per heavy atom. The maximum Gasteiger partial charge on any atom is 0.0469 e. The van der Waals surface area contributed by atoms with Crippen molar-refractivity contribution in [3.63, 3.8) is 0 Å². The summed E-state index contributed by atoms with van der Waals surface area (Å²) >= 11 is 9.74. The number of benzene rings is 1. The molecule has 1 aliphatic rings. The maximum absolute atomic E-state index is 6.30. The van der Waals surface area contributed by atoms with Gasteiger partial charge in [-0.3, -0.25) is 0 Å². The largest absolute Gasteiger partial charge is 0.381 e. The van der Waals surface area contributed by atoms with Gasteiger partial charge in [0, 0.05) is 34.8 Å². The van der Waals surface area contributed by atoms with Crippen LogP contribution >= 0.6 is 27.5 Å². The van der Waals surface area contributed by atoms with Gasteiger partial charge in [0.15, 0.2) is 0 Å². The molecule has 1 fully saturated rings. The number of rotatable bonds is 4. The van der Waals surface area contributed by atoms with Crippen molar-refractivity contribution in [1.29, 1.82) is 0 Å². The molecule has 19 heavy (non-hydrogen) atoms. The van der Waals surface area contributed by atoms with Crippen molar-refractivity contribution in [3.8, 4) is 0 Å². The zero-order chi connectivity index (χ0) is 13.8. The van der Waals surface area contributed by atoms with Gasteiger partial charge in [-0.1, -0.05) is 33.6 Å². The first-order valence-electron chi connectivity index (χ1n) is 6.86. The van der Waals surface area contributed by atoms with Gasteiger partial charge in [0.1, 0.15) is 0 Å². The molecular formula is C15H21BrClNO. The van der Waals surface area contributed by atoms with E-state index in [1.807, 2.05) is 12.1 Å². The fraction of sp³-hybridized carbons (Fsp3) is 0.600. The number of hydrogen-bond donors (Lipinski definition) is 1. The summed E-state index contributed by atoms with van der Waals surface area (Å²) in [5, 5.41) is 4.48. The highest BCUT2D eigenvalue weighted by molar-refractivity contribution is 9.10. The molecule has 1 aromatic carbocycles. The van der Waals surface area contributed by atoms with Gasteiger partial charge in [0.05, 0.1) is 0 Å². The lowest BCUT2D eigenvalue weighted by molar-refractivity contribution is 0.0547. The highest BCUT2D eigenvalue weighted by Crippen LogP contribution is 2.28. The second kappa shape index (κ2) is 7.07. The molecule has 1 aliphatic heterocycles. The van der Waals surface area contributed by atoms with Crippen molar-refractivity contribution >= 4 is 27.5 Å². The Kier molecular flexibility index (Phi) is 5.70. The van der Waals surface area contributed by atoms with E-state index in [4.69, 9.17) is 16.3 Å². The molecule has 1 heterocycles. The molecule has 4 heteroatoms. The van der Waals surface area contributed by atoms with Gasteiger partial charge in [-0.05, 0) is 50.3 Å². The summed E-state index contributed by atoms with van der Waals surface area (Å²) in [6, 6.07) is 6.82. The van der Waals surface area contributed by atoms with Crippen LogP contribution in [0.1, 0.15) is 38.3 Å². The molecule has 2 nitrogen and oxygen atoms in total. The fourth-order valence-electron chi connectivity index (χ4n) is 2.69. The van der Waals surface area contributed by atoms with Gasteiger partial charge in [-0.2, -0.15) is 0 Å². The summed E-state index contributed by atoms with van der Waals surface area (Å²) in [6.07, 6.45) is 2.30. The van der Waals surface area contributed by atoms with Gasteiger partial charge in [0.2, 0.25) is 0 Å². The summed E-state index contributed by atoms with van der Waals surface area (Å²) in [4.78, 5) is 0. The molecule has 1 N–H and O–H groups in total. The number of nitrogens with one attached hydrogen (secondary N) is 1. The minimum Gasteiger partial charge on any atom is -0.381 e. The molecule has 0 aromatic heterocycles. The monoisotopic (exact) mass is 345 g/mol. The van der Waals surface area contributed by atoms with Crippen LogP contribution in [0.3, 0.4) is 0 Å². The van der Waals surface area contributed by atoms with Crippen LogP contribution in [-0.4, -0.2) is 19.3 Å². The molecule has 106 valence electrons. The van der Waals surface area contributed by atoms with Gasteiger partial charge in [-0.15, -0.1) is 0 Å². The van der Waals surface area contributed by atoms with Gasteiger partial charge < -0.3 is 10.1 Å². The zero-order valence-electron chi connectivity index (χ0n) is 11.5. The molecule has 0 amide bonds. The molecule has 1 saturated heterocycles. The molecular weight excluding hydrogens is 326 g/mol.